The Balaban J connectivity index is 2.75. The first-order valence-electron chi connectivity index (χ1n) is 6.53. The Bertz CT molecular complexity index is 605. The minimum absolute atomic E-state index is 0.0110. The number of sulfone groups is 1. The zero-order chi connectivity index (χ0) is 16.0. The van der Waals surface area contributed by atoms with E-state index in [1.165, 1.54) is 12.1 Å². The molecular formula is C14H19NO5S. The molecule has 1 rings (SSSR count). The van der Waals surface area contributed by atoms with Crippen LogP contribution in [0.3, 0.4) is 0 Å². The van der Waals surface area contributed by atoms with Crippen LogP contribution in [0.1, 0.15) is 25.8 Å². The van der Waals surface area contributed by atoms with E-state index in [1.54, 1.807) is 26.0 Å². The van der Waals surface area contributed by atoms with Gasteiger partial charge in [0.15, 0.2) is 9.84 Å². The van der Waals surface area contributed by atoms with E-state index in [0.717, 1.165) is 5.56 Å². The summed E-state index contributed by atoms with van der Waals surface area (Å²) in [5, 5.41) is 11.1. The lowest BCUT2D eigenvalue weighted by Gasteiger charge is -2.09. The molecule has 0 aliphatic rings. The molecule has 0 unspecified atom stereocenters. The van der Waals surface area contributed by atoms with E-state index >= 15 is 0 Å². The fraction of sp³-hybridized carbons (Fsp3) is 0.429. The van der Waals surface area contributed by atoms with E-state index in [2.05, 4.69) is 5.32 Å². The Morgan fingerprint density at radius 3 is 2.24 bits per heavy atom. The van der Waals surface area contributed by atoms with Crippen molar-refractivity contribution in [1.82, 2.24) is 5.32 Å². The van der Waals surface area contributed by atoms with Gasteiger partial charge in [0, 0.05) is 12.5 Å². The highest BCUT2D eigenvalue weighted by atomic mass is 32.2. The molecular weight excluding hydrogens is 294 g/mol. The van der Waals surface area contributed by atoms with Crippen LogP contribution in [-0.2, 0) is 25.8 Å². The highest BCUT2D eigenvalue weighted by molar-refractivity contribution is 7.92. The van der Waals surface area contributed by atoms with Crippen molar-refractivity contribution in [2.24, 2.45) is 0 Å². The van der Waals surface area contributed by atoms with Crippen LogP contribution in [-0.4, -0.2) is 37.2 Å². The minimum atomic E-state index is -3.68. The average molecular weight is 313 g/mol. The first kappa shape index (κ1) is 17.2. The molecule has 0 bridgehead atoms. The summed E-state index contributed by atoms with van der Waals surface area (Å²) in [5.74, 6) is -2.04. The van der Waals surface area contributed by atoms with Crippen LogP contribution in [0.15, 0.2) is 29.2 Å². The number of benzene rings is 1. The Morgan fingerprint density at radius 1 is 1.19 bits per heavy atom. The molecule has 116 valence electrons. The molecule has 0 aromatic heterocycles. The zero-order valence-corrected chi connectivity index (χ0v) is 12.8. The number of rotatable bonds is 7. The van der Waals surface area contributed by atoms with Crippen molar-refractivity contribution < 1.29 is 23.1 Å². The van der Waals surface area contributed by atoms with E-state index in [-0.39, 0.29) is 17.4 Å². The van der Waals surface area contributed by atoms with Gasteiger partial charge in [0.25, 0.3) is 0 Å². The predicted octanol–water partition coefficient (Wildman–Crippen LogP) is 1.00. The van der Waals surface area contributed by atoms with Gasteiger partial charge in [0.05, 0.1) is 4.90 Å². The van der Waals surface area contributed by atoms with Gasteiger partial charge in [-0.25, -0.2) is 8.42 Å². The van der Waals surface area contributed by atoms with Gasteiger partial charge in [-0.2, -0.15) is 0 Å². The molecule has 0 saturated carbocycles. The second-order valence-corrected chi connectivity index (χ2v) is 7.01. The van der Waals surface area contributed by atoms with Gasteiger partial charge in [-0.05, 0) is 38.0 Å². The second-order valence-electron chi connectivity index (χ2n) is 5.02. The average Bonchev–Trinajstić information content (AvgIpc) is 2.35. The summed E-state index contributed by atoms with van der Waals surface area (Å²) in [4.78, 5) is 22.1. The summed E-state index contributed by atoms with van der Waals surface area (Å²) in [6.45, 7) is 3.50. The molecule has 1 amide bonds. The quantitative estimate of drug-likeness (QED) is 0.782. The number of carboxylic acid groups (broad SMARTS) is 1. The molecule has 21 heavy (non-hydrogen) atoms. The summed E-state index contributed by atoms with van der Waals surface area (Å²) in [5.41, 5.74) is 0.739. The normalized spacial score (nSPS) is 11.4. The molecule has 0 aliphatic heterocycles. The van der Waals surface area contributed by atoms with Crippen LogP contribution in [0.25, 0.3) is 0 Å². The van der Waals surface area contributed by atoms with Gasteiger partial charge in [-0.15, -0.1) is 0 Å². The van der Waals surface area contributed by atoms with Gasteiger partial charge < -0.3 is 10.4 Å². The standard InChI is InChI=1S/C14H19NO5S/c1-10(2)15-13(16)9-21(19,20)12-6-3-11(4-7-12)5-8-14(17)18/h3-4,6-7,10H,5,8-9H2,1-2H3,(H,15,16)(H,17,18). The van der Waals surface area contributed by atoms with Gasteiger partial charge in [0.1, 0.15) is 5.75 Å². The molecule has 0 fully saturated rings. The smallest absolute Gasteiger partial charge is 0.303 e. The maximum absolute atomic E-state index is 12.0. The minimum Gasteiger partial charge on any atom is -0.481 e. The van der Waals surface area contributed by atoms with Crippen LogP contribution >= 0.6 is 0 Å². The Labute approximate surface area is 124 Å². The van der Waals surface area contributed by atoms with E-state index in [4.69, 9.17) is 5.11 Å². The third kappa shape index (κ3) is 5.95. The number of carbonyl (C=O) groups is 2. The van der Waals surface area contributed by atoms with Crippen molar-refractivity contribution in [3.05, 3.63) is 29.8 Å². The van der Waals surface area contributed by atoms with E-state index in [9.17, 15) is 18.0 Å². The van der Waals surface area contributed by atoms with Crippen molar-refractivity contribution in [1.29, 1.82) is 0 Å². The first-order chi connectivity index (χ1) is 9.70. The van der Waals surface area contributed by atoms with Crippen molar-refractivity contribution in [3.8, 4) is 0 Å². The maximum Gasteiger partial charge on any atom is 0.303 e. The molecule has 0 spiro atoms. The fourth-order valence-corrected chi connectivity index (χ4v) is 2.88. The lowest BCUT2D eigenvalue weighted by Crippen LogP contribution is -2.35. The molecule has 0 saturated heterocycles. The SMILES string of the molecule is CC(C)NC(=O)CS(=O)(=O)c1ccc(CCC(=O)O)cc1. The van der Waals surface area contributed by atoms with Crippen molar-refractivity contribution in [2.75, 3.05) is 5.75 Å². The molecule has 2 N–H and O–H groups in total. The fourth-order valence-electron chi connectivity index (χ4n) is 1.73. The predicted molar refractivity (Wildman–Crippen MR) is 77.7 cm³/mol. The molecule has 0 aliphatic carbocycles. The van der Waals surface area contributed by atoms with Gasteiger partial charge in [-0.3, -0.25) is 9.59 Å². The Hall–Kier alpha value is -1.89. The van der Waals surface area contributed by atoms with Crippen molar-refractivity contribution >= 4 is 21.7 Å². The third-order valence-corrected chi connectivity index (χ3v) is 4.31. The number of carbonyl (C=O) groups excluding carboxylic acids is 1. The van der Waals surface area contributed by atoms with E-state index in [1.807, 2.05) is 0 Å². The van der Waals surface area contributed by atoms with Crippen molar-refractivity contribution in [3.63, 3.8) is 0 Å². The highest BCUT2D eigenvalue weighted by Gasteiger charge is 2.19. The van der Waals surface area contributed by atoms with Crippen LogP contribution < -0.4 is 5.32 Å². The molecule has 0 heterocycles. The molecule has 0 atom stereocenters. The number of hydrogen-bond acceptors (Lipinski definition) is 4. The highest BCUT2D eigenvalue weighted by Crippen LogP contribution is 2.13. The molecule has 7 heteroatoms. The molecule has 6 nitrogen and oxygen atoms in total. The maximum atomic E-state index is 12.0. The second kappa shape index (κ2) is 7.21. The largest absolute Gasteiger partial charge is 0.481 e. The summed E-state index contributed by atoms with van der Waals surface area (Å²) in [7, 11) is -3.68. The number of aryl methyl sites for hydroxylation is 1. The lowest BCUT2D eigenvalue weighted by molar-refractivity contribution is -0.137. The number of nitrogens with one attached hydrogen (secondary N) is 1. The summed E-state index contributed by atoms with van der Waals surface area (Å²) in [6, 6.07) is 5.81. The van der Waals surface area contributed by atoms with Crippen LogP contribution in [0, 0.1) is 0 Å². The van der Waals surface area contributed by atoms with Gasteiger partial charge in [-0.1, -0.05) is 12.1 Å². The summed E-state index contributed by atoms with van der Waals surface area (Å²) >= 11 is 0. The first-order valence-corrected chi connectivity index (χ1v) is 8.19. The van der Waals surface area contributed by atoms with E-state index in [0.29, 0.717) is 6.42 Å². The van der Waals surface area contributed by atoms with Crippen LogP contribution in [0.5, 0.6) is 0 Å². The number of carboxylic acids is 1. The number of aliphatic carboxylic acids is 1. The van der Waals surface area contributed by atoms with Crippen LogP contribution in [0.2, 0.25) is 0 Å². The number of hydrogen-bond donors (Lipinski definition) is 2. The Kier molecular flexibility index (Phi) is 5.90. The lowest BCUT2D eigenvalue weighted by atomic mass is 10.1. The summed E-state index contributed by atoms with van der Waals surface area (Å²) in [6.07, 6.45) is 0.326. The zero-order valence-electron chi connectivity index (χ0n) is 12.0. The third-order valence-electron chi connectivity index (χ3n) is 2.68. The summed E-state index contributed by atoms with van der Waals surface area (Å²) < 4.78 is 24.1. The molecule has 1 aromatic rings. The molecule has 0 radical (unpaired) electrons. The van der Waals surface area contributed by atoms with Gasteiger partial charge in [0.2, 0.25) is 5.91 Å². The number of amides is 1. The van der Waals surface area contributed by atoms with Crippen molar-refractivity contribution in [2.45, 2.75) is 37.6 Å². The monoisotopic (exact) mass is 313 g/mol. The Morgan fingerprint density at radius 2 is 1.76 bits per heavy atom. The topological polar surface area (TPSA) is 101 Å². The van der Waals surface area contributed by atoms with E-state index < -0.39 is 27.5 Å². The van der Waals surface area contributed by atoms with Gasteiger partial charge >= 0.3 is 5.97 Å². The van der Waals surface area contributed by atoms with Crippen LogP contribution in [0.4, 0.5) is 0 Å². The molecule has 1 aromatic carbocycles.